The van der Waals surface area contributed by atoms with Crippen LogP contribution in [-0.4, -0.2) is 47.0 Å². The van der Waals surface area contributed by atoms with E-state index in [2.05, 4.69) is 21.9 Å². The van der Waals surface area contributed by atoms with Crippen LogP contribution in [0.5, 0.6) is 11.5 Å². The molecular weight excluding hydrogens is 429 g/mol. The summed E-state index contributed by atoms with van der Waals surface area (Å²) in [4.78, 5) is 25.1. The van der Waals surface area contributed by atoms with E-state index in [4.69, 9.17) is 9.47 Å². The second kappa shape index (κ2) is 10.0. The van der Waals surface area contributed by atoms with Gasteiger partial charge in [0, 0.05) is 0 Å². The SMILES string of the molecule is COC(=O)[C@H](CC(C)C)NC(=O)c1cc(-c2c(O)cccc2OC)n(C2=C=C=C(F)C=C2)n1. The van der Waals surface area contributed by atoms with Crippen LogP contribution in [0.2, 0.25) is 0 Å². The molecule has 1 aromatic carbocycles. The standard InChI is InChI=1S/C24H24FN3O5/c1-14(2)12-18(24(31)33-4)26-23(30)17-13-19(22-20(29)6-5-7-21(22)32-3)28(27-17)16-10-8-15(25)9-11-16/h5-8,10,13-14,18,29H,12H2,1-4H3,(H,26,30)/t18-/m0/s1. The lowest BCUT2D eigenvalue weighted by Crippen LogP contribution is -2.42. The number of carbonyl (C=O) groups is 2. The van der Waals surface area contributed by atoms with Gasteiger partial charge in [-0.3, -0.25) is 4.79 Å². The van der Waals surface area contributed by atoms with Crippen LogP contribution >= 0.6 is 0 Å². The van der Waals surface area contributed by atoms with Crippen LogP contribution in [0.25, 0.3) is 17.0 Å². The summed E-state index contributed by atoms with van der Waals surface area (Å²) in [5.74, 6) is -1.45. The highest BCUT2D eigenvalue weighted by Crippen LogP contribution is 2.39. The predicted octanol–water partition coefficient (Wildman–Crippen LogP) is 3.60. The van der Waals surface area contributed by atoms with Gasteiger partial charge in [0.2, 0.25) is 0 Å². The van der Waals surface area contributed by atoms with E-state index in [1.165, 1.54) is 43.2 Å². The van der Waals surface area contributed by atoms with Gasteiger partial charge in [0.05, 0.1) is 25.5 Å². The lowest BCUT2D eigenvalue weighted by Gasteiger charge is -2.17. The minimum atomic E-state index is -0.860. The van der Waals surface area contributed by atoms with E-state index in [1.54, 1.807) is 12.1 Å². The molecule has 1 amide bonds. The minimum Gasteiger partial charge on any atom is -0.507 e. The van der Waals surface area contributed by atoms with Crippen LogP contribution in [0, 0.1) is 5.92 Å². The summed E-state index contributed by atoms with van der Waals surface area (Å²) in [5, 5.41) is 17.5. The van der Waals surface area contributed by atoms with Crippen molar-refractivity contribution in [2.75, 3.05) is 14.2 Å². The number of ether oxygens (including phenoxy) is 2. The fourth-order valence-corrected chi connectivity index (χ4v) is 3.34. The van der Waals surface area contributed by atoms with E-state index in [9.17, 15) is 19.1 Å². The second-order valence-electron chi connectivity index (χ2n) is 7.68. The third-order valence-corrected chi connectivity index (χ3v) is 4.85. The highest BCUT2D eigenvalue weighted by molar-refractivity contribution is 5.97. The number of hydrogen-bond acceptors (Lipinski definition) is 6. The van der Waals surface area contributed by atoms with Crippen molar-refractivity contribution < 1.29 is 28.6 Å². The number of amides is 1. The van der Waals surface area contributed by atoms with Gasteiger partial charge in [0.1, 0.15) is 23.2 Å². The number of allylic oxidation sites excluding steroid dienone is 4. The van der Waals surface area contributed by atoms with E-state index in [0.717, 1.165) is 0 Å². The van der Waals surface area contributed by atoms with Crippen LogP contribution in [0.3, 0.4) is 0 Å². The molecule has 1 aliphatic rings. The molecular formula is C24H24FN3O5. The molecule has 0 saturated heterocycles. The number of phenols is 1. The van der Waals surface area contributed by atoms with Gasteiger partial charge in [0.15, 0.2) is 11.5 Å². The molecule has 9 heteroatoms. The smallest absolute Gasteiger partial charge is 0.328 e. The number of halogens is 1. The molecule has 0 saturated carbocycles. The first-order chi connectivity index (χ1) is 15.7. The molecule has 0 fully saturated rings. The first-order valence-corrected chi connectivity index (χ1v) is 10.2. The fourth-order valence-electron chi connectivity index (χ4n) is 3.34. The molecule has 0 bridgehead atoms. The molecule has 33 heavy (non-hydrogen) atoms. The molecule has 2 aromatic rings. The van der Waals surface area contributed by atoms with Crippen molar-refractivity contribution in [3.63, 3.8) is 0 Å². The molecule has 0 unspecified atom stereocenters. The number of phenolic OH excluding ortho intramolecular Hbond substituents is 1. The molecule has 0 spiro atoms. The van der Waals surface area contributed by atoms with Crippen molar-refractivity contribution in [1.82, 2.24) is 15.1 Å². The van der Waals surface area contributed by atoms with Gasteiger partial charge in [0.25, 0.3) is 5.91 Å². The highest BCUT2D eigenvalue weighted by atomic mass is 19.1. The van der Waals surface area contributed by atoms with Crippen molar-refractivity contribution in [1.29, 1.82) is 0 Å². The summed E-state index contributed by atoms with van der Waals surface area (Å²) in [6, 6.07) is 5.29. The molecule has 0 radical (unpaired) electrons. The maximum absolute atomic E-state index is 13.4. The van der Waals surface area contributed by atoms with Crippen LogP contribution < -0.4 is 10.1 Å². The summed E-state index contributed by atoms with van der Waals surface area (Å²) in [5.41, 5.74) is 5.78. The lowest BCUT2D eigenvalue weighted by atomic mass is 10.0. The third kappa shape index (κ3) is 5.23. The van der Waals surface area contributed by atoms with Gasteiger partial charge in [-0.25, -0.2) is 9.48 Å². The molecule has 1 atom stereocenters. The molecule has 3 rings (SSSR count). The zero-order valence-corrected chi connectivity index (χ0v) is 18.7. The van der Waals surface area contributed by atoms with E-state index < -0.39 is 23.7 Å². The second-order valence-corrected chi connectivity index (χ2v) is 7.68. The number of esters is 1. The summed E-state index contributed by atoms with van der Waals surface area (Å²) in [7, 11) is 2.69. The van der Waals surface area contributed by atoms with Crippen LogP contribution in [-0.2, 0) is 9.53 Å². The molecule has 172 valence electrons. The normalized spacial score (nSPS) is 13.4. The number of nitrogens with one attached hydrogen (secondary N) is 1. The number of nitrogens with zero attached hydrogens (tertiary/aromatic N) is 2. The summed E-state index contributed by atoms with van der Waals surface area (Å²) in [6.45, 7) is 3.83. The predicted molar refractivity (Wildman–Crippen MR) is 119 cm³/mol. The van der Waals surface area contributed by atoms with Gasteiger partial charge >= 0.3 is 5.97 Å². The first-order valence-electron chi connectivity index (χ1n) is 10.2. The molecule has 2 N–H and O–H groups in total. The van der Waals surface area contributed by atoms with E-state index in [1.807, 2.05) is 13.8 Å². The maximum atomic E-state index is 13.4. The van der Waals surface area contributed by atoms with Crippen molar-refractivity contribution >= 4 is 17.6 Å². The maximum Gasteiger partial charge on any atom is 0.328 e. The zero-order chi connectivity index (χ0) is 24.1. The Balaban J connectivity index is 2.12. The number of methoxy groups -OCH3 is 2. The Bertz CT molecular complexity index is 1210. The Morgan fingerprint density at radius 3 is 2.61 bits per heavy atom. The van der Waals surface area contributed by atoms with Crippen LogP contribution in [0.4, 0.5) is 4.39 Å². The lowest BCUT2D eigenvalue weighted by molar-refractivity contribution is -0.143. The molecule has 1 aliphatic carbocycles. The van der Waals surface area contributed by atoms with Crippen LogP contribution in [0.15, 0.2) is 53.7 Å². The average molecular weight is 453 g/mol. The number of hydrogen-bond donors (Lipinski definition) is 2. The number of carbonyl (C=O) groups excluding carboxylic acids is 2. The van der Waals surface area contributed by atoms with E-state index in [0.29, 0.717) is 17.9 Å². The molecule has 0 aliphatic heterocycles. The van der Waals surface area contributed by atoms with Gasteiger partial charge in [-0.15, -0.1) is 0 Å². The fraction of sp³-hybridized carbons (Fsp3) is 0.292. The number of aromatic hydroxyl groups is 1. The van der Waals surface area contributed by atoms with Crippen molar-refractivity contribution in [3.8, 4) is 22.8 Å². The minimum absolute atomic E-state index is 0.0364. The Morgan fingerprint density at radius 2 is 2.00 bits per heavy atom. The number of benzene rings is 1. The van der Waals surface area contributed by atoms with Gasteiger partial charge in [-0.05, 0) is 54.2 Å². The number of aromatic nitrogens is 2. The highest BCUT2D eigenvalue weighted by Gasteiger charge is 2.27. The van der Waals surface area contributed by atoms with Gasteiger partial charge < -0.3 is 19.9 Å². The molecule has 1 heterocycles. The van der Waals surface area contributed by atoms with Gasteiger partial charge in [-0.2, -0.15) is 9.49 Å². The quantitative estimate of drug-likeness (QED) is 0.468. The summed E-state index contributed by atoms with van der Waals surface area (Å²) < 4.78 is 24.9. The Hall–Kier alpha value is -4.06. The average Bonchev–Trinajstić information content (AvgIpc) is 3.23. The molecule has 1 aromatic heterocycles. The van der Waals surface area contributed by atoms with Gasteiger partial charge in [-0.1, -0.05) is 19.9 Å². The van der Waals surface area contributed by atoms with Crippen LogP contribution in [0.1, 0.15) is 30.8 Å². The largest absolute Gasteiger partial charge is 0.507 e. The Morgan fingerprint density at radius 1 is 1.24 bits per heavy atom. The summed E-state index contributed by atoms with van der Waals surface area (Å²) >= 11 is 0. The zero-order valence-electron chi connectivity index (χ0n) is 18.7. The summed E-state index contributed by atoms with van der Waals surface area (Å²) in [6.07, 6.45) is 2.96. The first kappa shape index (κ1) is 23.6. The Kier molecular flexibility index (Phi) is 7.18. The van der Waals surface area contributed by atoms with Crippen molar-refractivity contribution in [3.05, 3.63) is 59.4 Å². The topological polar surface area (TPSA) is 103 Å². The number of rotatable bonds is 8. The van der Waals surface area contributed by atoms with E-state index in [-0.39, 0.29) is 28.6 Å². The third-order valence-electron chi connectivity index (χ3n) is 4.85. The van der Waals surface area contributed by atoms with Crippen molar-refractivity contribution in [2.24, 2.45) is 5.92 Å². The van der Waals surface area contributed by atoms with Crippen molar-refractivity contribution in [2.45, 2.75) is 26.3 Å². The molecule has 8 nitrogen and oxygen atoms in total. The van der Waals surface area contributed by atoms with E-state index >= 15 is 0 Å². The Labute approximate surface area is 190 Å². The monoisotopic (exact) mass is 453 g/mol.